The highest BCUT2D eigenvalue weighted by molar-refractivity contribution is 7.47. The van der Waals surface area contributed by atoms with Crippen molar-refractivity contribution in [2.45, 2.75) is 316 Å². The second-order valence-corrected chi connectivity index (χ2v) is 27.7. The maximum atomic E-state index is 13.1. The molecule has 0 aromatic heterocycles. The summed E-state index contributed by atoms with van der Waals surface area (Å²) in [5, 5.41) is 10.6. The predicted molar refractivity (Wildman–Crippen MR) is 399 cm³/mol. The van der Waals surface area contributed by atoms with Gasteiger partial charge in [-0.25, -0.2) is 9.13 Å². The number of aliphatic hydroxyl groups is 1. The molecular weight excluding hydrogens is 1280 g/mol. The SMILES string of the molecule is CC/C=C\C/C=C\C/C=C\C/C=C\C/C=C\CCCC(=O)OCC(COP(=O)(O)OCC(O)COP(=O)(O)OCC(COC(=O)CCCCCCC/C=C\C/C=C\CCC)OC(=O)CCCCCCCCCCCCCCC)OC(=O)CCCCCCC/C=C\C/C=C\C/C=C\CC. The van der Waals surface area contributed by atoms with Crippen molar-refractivity contribution in [2.24, 2.45) is 0 Å². The van der Waals surface area contributed by atoms with Crippen molar-refractivity contribution in [2.75, 3.05) is 39.6 Å². The molecule has 0 saturated carbocycles. The highest BCUT2D eigenvalue weighted by Gasteiger charge is 2.30. The van der Waals surface area contributed by atoms with Crippen LogP contribution in [0.4, 0.5) is 0 Å². The Labute approximate surface area is 593 Å². The fraction of sp³-hybridized carbons (Fsp3) is 0.696. The van der Waals surface area contributed by atoms with Gasteiger partial charge in [0.2, 0.25) is 0 Å². The van der Waals surface area contributed by atoms with E-state index >= 15 is 0 Å². The number of carbonyl (C=O) groups is 4. The Bertz CT molecular complexity index is 2340. The zero-order valence-electron chi connectivity index (χ0n) is 61.2. The van der Waals surface area contributed by atoms with Crippen LogP contribution in [0.3, 0.4) is 0 Å². The van der Waals surface area contributed by atoms with Gasteiger partial charge in [0.25, 0.3) is 0 Å². The molecule has 0 fully saturated rings. The first-order chi connectivity index (χ1) is 47.7. The molecule has 0 bridgehead atoms. The van der Waals surface area contributed by atoms with Gasteiger partial charge >= 0.3 is 39.5 Å². The average molecular weight is 1420 g/mol. The Morgan fingerprint density at radius 1 is 0.296 bits per heavy atom. The molecule has 0 aliphatic carbocycles. The summed E-state index contributed by atoms with van der Waals surface area (Å²) in [5.74, 6) is -2.27. The van der Waals surface area contributed by atoms with E-state index in [0.29, 0.717) is 32.1 Å². The molecule has 98 heavy (non-hydrogen) atoms. The van der Waals surface area contributed by atoms with E-state index < -0.39 is 97.5 Å². The number of allylic oxidation sites excluding steroid dienone is 20. The summed E-state index contributed by atoms with van der Waals surface area (Å²) in [4.78, 5) is 72.8. The van der Waals surface area contributed by atoms with E-state index in [9.17, 15) is 43.2 Å². The maximum Gasteiger partial charge on any atom is 0.472 e. The third-order valence-corrected chi connectivity index (χ3v) is 17.3. The van der Waals surface area contributed by atoms with Crippen LogP contribution in [0.2, 0.25) is 0 Å². The van der Waals surface area contributed by atoms with Gasteiger partial charge in [0.15, 0.2) is 12.2 Å². The van der Waals surface area contributed by atoms with Crippen LogP contribution in [0.5, 0.6) is 0 Å². The zero-order chi connectivity index (χ0) is 71.8. The fourth-order valence-corrected chi connectivity index (χ4v) is 11.3. The maximum absolute atomic E-state index is 13.1. The number of aliphatic hydroxyl groups excluding tert-OH is 1. The van der Waals surface area contributed by atoms with Crippen molar-refractivity contribution in [3.63, 3.8) is 0 Å². The van der Waals surface area contributed by atoms with Gasteiger partial charge < -0.3 is 33.8 Å². The number of phosphoric ester groups is 2. The van der Waals surface area contributed by atoms with Crippen LogP contribution in [0.25, 0.3) is 0 Å². The normalized spacial score (nSPS) is 14.6. The highest BCUT2D eigenvalue weighted by Crippen LogP contribution is 2.45. The second-order valence-electron chi connectivity index (χ2n) is 24.8. The molecule has 5 atom stereocenters. The van der Waals surface area contributed by atoms with Crippen LogP contribution < -0.4 is 0 Å². The molecule has 0 rings (SSSR count). The van der Waals surface area contributed by atoms with Crippen molar-refractivity contribution < 1.29 is 80.2 Å². The molecule has 17 nitrogen and oxygen atoms in total. The number of unbranched alkanes of at least 4 members (excludes halogenated alkanes) is 24. The monoisotopic (exact) mass is 1420 g/mol. The minimum absolute atomic E-state index is 0.0607. The minimum atomic E-state index is -4.99. The Hall–Kier alpha value is -4.54. The summed E-state index contributed by atoms with van der Waals surface area (Å²) >= 11 is 0. The van der Waals surface area contributed by atoms with Crippen molar-refractivity contribution in [3.8, 4) is 0 Å². The van der Waals surface area contributed by atoms with E-state index in [4.69, 9.17) is 37.0 Å². The Kier molecular flexibility index (Phi) is 67.6. The molecule has 0 saturated heterocycles. The molecule has 0 aromatic carbocycles. The molecular formula is C79H134O17P2. The first-order valence-electron chi connectivity index (χ1n) is 37.8. The standard InChI is InChI=1S/C79H134O17P2/c1-5-9-13-17-21-25-29-33-35-36-38-41-44-48-52-56-60-64-77(82)90-70-75(96-79(84)66-62-58-54-50-46-42-37-34-30-26-22-18-14-10-6-2)72-94-98(87,88)92-68-73(80)67-91-97(85,86)93-71-74(95-78(83)65-61-57-53-49-45-40-32-28-24-20-16-12-8-4)69-89-76(81)63-59-55-51-47-43-39-31-27-23-19-15-11-7-3/h9-10,13-15,19,21-22,25-27,31,33-35,37-38,41,48,52,73-75,80H,5-8,11-12,16-18,20,23-24,28-30,32,36,39-40,42-47,49-51,53-72H2,1-4H3,(H,85,86)(H,87,88)/b13-9-,14-10-,19-15-,25-21-,26-22-,31-27-,35-33-,37-34-,41-38-,52-48-. The molecule has 0 aromatic rings. The minimum Gasteiger partial charge on any atom is -0.462 e. The summed E-state index contributed by atoms with van der Waals surface area (Å²) in [6, 6.07) is 0. The Morgan fingerprint density at radius 3 is 0.898 bits per heavy atom. The van der Waals surface area contributed by atoms with Crippen LogP contribution >= 0.6 is 15.6 Å². The van der Waals surface area contributed by atoms with E-state index in [1.165, 1.54) is 51.4 Å². The van der Waals surface area contributed by atoms with Gasteiger partial charge in [-0.05, 0) is 122 Å². The number of carbonyl (C=O) groups excluding carboxylic acids is 4. The van der Waals surface area contributed by atoms with Crippen molar-refractivity contribution in [3.05, 3.63) is 122 Å². The third-order valence-electron chi connectivity index (χ3n) is 15.4. The first kappa shape index (κ1) is 93.5. The quantitative estimate of drug-likeness (QED) is 0.0169. The van der Waals surface area contributed by atoms with Gasteiger partial charge in [0.1, 0.15) is 19.3 Å². The van der Waals surface area contributed by atoms with E-state index in [-0.39, 0.29) is 25.7 Å². The molecule has 3 N–H and O–H groups in total. The fourth-order valence-electron chi connectivity index (χ4n) is 9.72. The van der Waals surface area contributed by atoms with Gasteiger partial charge in [0.05, 0.1) is 26.4 Å². The van der Waals surface area contributed by atoms with E-state index in [1.54, 1.807) is 0 Å². The lowest BCUT2D eigenvalue weighted by atomic mass is 10.0. The molecule has 0 aliphatic rings. The lowest BCUT2D eigenvalue weighted by Gasteiger charge is -2.21. The Balaban J connectivity index is 5.41. The lowest BCUT2D eigenvalue weighted by molar-refractivity contribution is -0.161. The number of phosphoric acid groups is 2. The van der Waals surface area contributed by atoms with Gasteiger partial charge in [-0.3, -0.25) is 37.3 Å². The molecule has 0 aliphatic heterocycles. The van der Waals surface area contributed by atoms with E-state index in [0.717, 1.165) is 161 Å². The van der Waals surface area contributed by atoms with Crippen molar-refractivity contribution in [1.82, 2.24) is 0 Å². The molecule has 0 spiro atoms. The topological polar surface area (TPSA) is 237 Å². The zero-order valence-corrected chi connectivity index (χ0v) is 63.0. The third kappa shape index (κ3) is 69.9. The van der Waals surface area contributed by atoms with Gasteiger partial charge in [-0.1, -0.05) is 271 Å². The summed E-state index contributed by atoms with van der Waals surface area (Å²) in [5.41, 5.74) is 0. The summed E-state index contributed by atoms with van der Waals surface area (Å²) in [6.07, 6.45) is 76.3. The van der Waals surface area contributed by atoms with Crippen molar-refractivity contribution in [1.29, 1.82) is 0 Å². The lowest BCUT2D eigenvalue weighted by Crippen LogP contribution is -2.30. The largest absolute Gasteiger partial charge is 0.472 e. The van der Waals surface area contributed by atoms with Gasteiger partial charge in [0, 0.05) is 25.7 Å². The average Bonchev–Trinajstić information content (AvgIpc) is 1.05. The molecule has 0 heterocycles. The second kappa shape index (κ2) is 70.9. The number of hydrogen-bond donors (Lipinski definition) is 3. The van der Waals surface area contributed by atoms with Crippen molar-refractivity contribution >= 4 is 39.5 Å². The first-order valence-corrected chi connectivity index (χ1v) is 40.8. The van der Waals surface area contributed by atoms with Crippen LogP contribution in [-0.2, 0) is 65.4 Å². The van der Waals surface area contributed by atoms with Crippen LogP contribution in [-0.4, -0.2) is 96.7 Å². The smallest absolute Gasteiger partial charge is 0.462 e. The number of esters is 4. The molecule has 0 amide bonds. The predicted octanol–water partition coefficient (Wildman–Crippen LogP) is 21.6. The molecule has 19 heteroatoms. The number of ether oxygens (including phenoxy) is 4. The Morgan fingerprint density at radius 2 is 0.561 bits per heavy atom. The molecule has 0 radical (unpaired) electrons. The van der Waals surface area contributed by atoms with Crippen LogP contribution in [0, 0.1) is 0 Å². The summed E-state index contributed by atoms with van der Waals surface area (Å²) in [7, 11) is -9.97. The van der Waals surface area contributed by atoms with Crippen LogP contribution in [0.15, 0.2) is 122 Å². The van der Waals surface area contributed by atoms with E-state index in [2.05, 4.69) is 137 Å². The van der Waals surface area contributed by atoms with Gasteiger partial charge in [-0.15, -0.1) is 0 Å². The van der Waals surface area contributed by atoms with Gasteiger partial charge in [-0.2, -0.15) is 0 Å². The number of rotatable bonds is 70. The number of hydrogen-bond acceptors (Lipinski definition) is 15. The summed E-state index contributed by atoms with van der Waals surface area (Å²) < 4.78 is 68.4. The van der Waals surface area contributed by atoms with E-state index in [1.807, 2.05) is 12.2 Å². The summed E-state index contributed by atoms with van der Waals surface area (Å²) in [6.45, 7) is 4.48. The molecule has 562 valence electrons. The highest BCUT2D eigenvalue weighted by atomic mass is 31.2. The van der Waals surface area contributed by atoms with Crippen LogP contribution in [0.1, 0.15) is 297 Å². The molecule has 5 unspecified atom stereocenters.